The number of nitrogens with one attached hydrogen (secondary N) is 1. The largest absolute Gasteiger partial charge is 0.480 e. The Morgan fingerprint density at radius 3 is 2.33 bits per heavy atom. The lowest BCUT2D eigenvalue weighted by Crippen LogP contribution is -2.44. The third-order valence-corrected chi connectivity index (χ3v) is 4.44. The van der Waals surface area contributed by atoms with Crippen molar-refractivity contribution in [2.75, 3.05) is 12.4 Å². The van der Waals surface area contributed by atoms with Gasteiger partial charge in [0.05, 0.1) is 5.75 Å². The molecule has 0 aliphatic carbocycles. The van der Waals surface area contributed by atoms with Gasteiger partial charge in [0, 0.05) is 4.47 Å². The highest BCUT2D eigenvalue weighted by molar-refractivity contribution is 9.10. The van der Waals surface area contributed by atoms with Crippen LogP contribution in [0.25, 0.3) is 0 Å². The highest BCUT2D eigenvalue weighted by atomic mass is 79.9. The molecule has 1 aromatic carbocycles. The minimum Gasteiger partial charge on any atom is -0.480 e. The molecule has 0 heterocycles. The second-order valence-corrected chi connectivity index (χ2v) is 7.25. The number of carboxylic acids is 1. The molecule has 6 nitrogen and oxygen atoms in total. The number of hydrogen-bond acceptors (Lipinski definition) is 4. The van der Waals surface area contributed by atoms with Crippen molar-refractivity contribution in [1.82, 2.24) is 5.32 Å². The average Bonchev–Trinajstić information content (AvgIpc) is 2.37. The highest BCUT2D eigenvalue weighted by Gasteiger charge is 2.23. The number of carbonyl (C=O) groups excluding carboxylic acids is 1. The molecule has 0 bridgehead atoms. The lowest BCUT2D eigenvalue weighted by Gasteiger charge is -2.11. The second-order valence-electron chi connectivity index (χ2n) is 4.27. The molecule has 1 aromatic rings. The van der Waals surface area contributed by atoms with Crippen molar-refractivity contribution < 1.29 is 27.5 Å². The number of amides is 1. The van der Waals surface area contributed by atoms with Gasteiger partial charge in [-0.2, -0.15) is 0 Å². The van der Waals surface area contributed by atoms with Crippen LogP contribution in [0.5, 0.6) is 0 Å². The molecule has 2 N–H and O–H groups in total. The first-order chi connectivity index (χ1) is 9.73. The Morgan fingerprint density at radius 1 is 1.29 bits per heavy atom. The zero-order valence-electron chi connectivity index (χ0n) is 10.8. The maximum Gasteiger partial charge on any atom is 0.328 e. The third kappa shape index (κ3) is 6.21. The maximum atomic E-state index is 12.3. The molecule has 1 rings (SSSR count). The zero-order chi connectivity index (χ0) is 16.0. The van der Waals surface area contributed by atoms with E-state index in [2.05, 4.69) is 15.9 Å². The van der Waals surface area contributed by atoms with Gasteiger partial charge in [-0.3, -0.25) is 4.79 Å². The predicted octanol–water partition coefficient (Wildman–Crippen LogP) is 0.903. The van der Waals surface area contributed by atoms with E-state index in [1.165, 1.54) is 0 Å². The van der Waals surface area contributed by atoms with Crippen LogP contribution in [0.3, 0.4) is 0 Å². The molecule has 21 heavy (non-hydrogen) atoms. The molecule has 0 saturated heterocycles. The van der Waals surface area contributed by atoms with E-state index in [0.29, 0.717) is 5.56 Å². The van der Waals surface area contributed by atoms with Gasteiger partial charge in [0.25, 0.3) is 0 Å². The SMILES string of the molecule is O=C(CS(=O)(=O)Cc1ccc(Br)cc1)NC(CF)C(=O)O. The number of halogens is 2. The smallest absolute Gasteiger partial charge is 0.328 e. The number of carboxylic acid groups (broad SMARTS) is 1. The summed E-state index contributed by atoms with van der Waals surface area (Å²) in [6.07, 6.45) is 0. The van der Waals surface area contributed by atoms with Crippen molar-refractivity contribution in [3.8, 4) is 0 Å². The van der Waals surface area contributed by atoms with Gasteiger partial charge in [0.15, 0.2) is 15.9 Å². The van der Waals surface area contributed by atoms with Gasteiger partial charge < -0.3 is 10.4 Å². The van der Waals surface area contributed by atoms with Gasteiger partial charge in [-0.05, 0) is 17.7 Å². The van der Waals surface area contributed by atoms with Gasteiger partial charge in [-0.1, -0.05) is 28.1 Å². The molecule has 0 aromatic heterocycles. The fourth-order valence-electron chi connectivity index (χ4n) is 1.49. The molecule has 9 heteroatoms. The van der Waals surface area contributed by atoms with Crippen molar-refractivity contribution in [2.45, 2.75) is 11.8 Å². The Kier molecular flexibility index (Phi) is 6.28. The molecule has 0 aliphatic heterocycles. The van der Waals surface area contributed by atoms with Gasteiger partial charge in [-0.15, -0.1) is 0 Å². The summed E-state index contributed by atoms with van der Waals surface area (Å²) in [4.78, 5) is 22.0. The van der Waals surface area contributed by atoms with Crippen LogP contribution < -0.4 is 5.32 Å². The minimum atomic E-state index is -3.77. The Morgan fingerprint density at radius 2 is 1.86 bits per heavy atom. The Labute approximate surface area is 129 Å². The molecular weight excluding hydrogens is 369 g/mol. The van der Waals surface area contributed by atoms with Gasteiger partial charge >= 0.3 is 5.97 Å². The van der Waals surface area contributed by atoms with E-state index in [1.54, 1.807) is 24.3 Å². The minimum absolute atomic E-state index is 0.360. The molecule has 0 aliphatic rings. The molecule has 0 spiro atoms. The number of benzene rings is 1. The van der Waals surface area contributed by atoms with Crippen molar-refractivity contribution in [1.29, 1.82) is 0 Å². The molecular formula is C12H13BrFNO5S. The van der Waals surface area contributed by atoms with Crippen molar-refractivity contribution in [3.63, 3.8) is 0 Å². The summed E-state index contributed by atoms with van der Waals surface area (Å²) in [6, 6.07) is 4.76. The first-order valence-corrected chi connectivity index (χ1v) is 8.38. The first-order valence-electron chi connectivity index (χ1n) is 5.76. The summed E-state index contributed by atoms with van der Waals surface area (Å²) in [5, 5.41) is 10.4. The predicted molar refractivity (Wildman–Crippen MR) is 77.2 cm³/mol. The first kappa shape index (κ1) is 17.6. The van der Waals surface area contributed by atoms with E-state index in [9.17, 15) is 22.4 Å². The summed E-state index contributed by atoms with van der Waals surface area (Å²) in [6.45, 7) is -1.31. The number of aliphatic carboxylic acids is 1. The molecule has 0 saturated carbocycles. The number of alkyl halides is 1. The van der Waals surface area contributed by atoms with Crippen LogP contribution in [0.1, 0.15) is 5.56 Å². The van der Waals surface area contributed by atoms with Crippen LogP contribution in [-0.4, -0.2) is 43.9 Å². The number of carbonyl (C=O) groups is 2. The van der Waals surface area contributed by atoms with Crippen molar-refractivity contribution in [3.05, 3.63) is 34.3 Å². The maximum absolute atomic E-state index is 12.3. The van der Waals surface area contributed by atoms with E-state index < -0.39 is 40.2 Å². The fourth-order valence-corrected chi connectivity index (χ4v) is 3.04. The molecule has 0 radical (unpaired) electrons. The van der Waals surface area contributed by atoms with Crippen molar-refractivity contribution in [2.24, 2.45) is 0 Å². The Bertz CT molecular complexity index is 617. The normalized spacial score (nSPS) is 12.7. The van der Waals surface area contributed by atoms with Crippen molar-refractivity contribution >= 4 is 37.6 Å². The molecule has 1 unspecified atom stereocenters. The van der Waals surface area contributed by atoms with Crippen LogP contribution in [0.4, 0.5) is 4.39 Å². The number of sulfone groups is 1. The molecule has 0 fully saturated rings. The van der Waals surface area contributed by atoms with Crippen LogP contribution >= 0.6 is 15.9 Å². The van der Waals surface area contributed by atoms with Crippen LogP contribution in [0.15, 0.2) is 28.7 Å². The monoisotopic (exact) mass is 381 g/mol. The summed E-state index contributed by atoms with van der Waals surface area (Å²) in [7, 11) is -3.77. The van der Waals surface area contributed by atoms with Gasteiger partial charge in [0.1, 0.15) is 12.4 Å². The van der Waals surface area contributed by atoms with E-state index >= 15 is 0 Å². The van der Waals surface area contributed by atoms with Gasteiger partial charge in [0.2, 0.25) is 5.91 Å². The average molecular weight is 382 g/mol. The number of rotatable bonds is 7. The quantitative estimate of drug-likeness (QED) is 0.730. The summed E-state index contributed by atoms with van der Waals surface area (Å²) >= 11 is 3.21. The zero-order valence-corrected chi connectivity index (χ0v) is 13.2. The standard InChI is InChI=1S/C12H13BrFNO5S/c13-9-3-1-8(2-4-9)6-21(19,20)7-11(16)15-10(5-14)12(17)18/h1-4,10H,5-7H2,(H,15,16)(H,17,18). The van der Waals surface area contributed by atoms with Crippen LogP contribution in [0, 0.1) is 0 Å². The van der Waals surface area contributed by atoms with E-state index in [-0.39, 0.29) is 5.75 Å². The summed E-state index contributed by atoms with van der Waals surface area (Å²) in [5.74, 6) is -3.86. The second kappa shape index (κ2) is 7.51. The van der Waals surface area contributed by atoms with Crippen LogP contribution in [-0.2, 0) is 25.2 Å². The summed E-state index contributed by atoms with van der Waals surface area (Å²) < 4.78 is 36.8. The van der Waals surface area contributed by atoms with Gasteiger partial charge in [-0.25, -0.2) is 17.6 Å². The lowest BCUT2D eigenvalue weighted by atomic mass is 10.2. The highest BCUT2D eigenvalue weighted by Crippen LogP contribution is 2.13. The van der Waals surface area contributed by atoms with Crippen LogP contribution in [0.2, 0.25) is 0 Å². The Balaban J connectivity index is 2.65. The summed E-state index contributed by atoms with van der Waals surface area (Å²) in [5.41, 5.74) is 0.492. The molecule has 1 amide bonds. The molecule has 116 valence electrons. The third-order valence-electron chi connectivity index (χ3n) is 2.44. The van der Waals surface area contributed by atoms with E-state index in [0.717, 1.165) is 4.47 Å². The lowest BCUT2D eigenvalue weighted by molar-refractivity contribution is -0.141. The topological polar surface area (TPSA) is 101 Å². The van der Waals surface area contributed by atoms with E-state index in [1.807, 2.05) is 5.32 Å². The molecule has 1 atom stereocenters. The fraction of sp³-hybridized carbons (Fsp3) is 0.333. The number of hydrogen-bond donors (Lipinski definition) is 2. The van der Waals surface area contributed by atoms with E-state index in [4.69, 9.17) is 5.11 Å². The Hall–Kier alpha value is -1.48.